The highest BCUT2D eigenvalue weighted by atomic mass is 19.1. The van der Waals surface area contributed by atoms with Crippen molar-refractivity contribution < 1.29 is 14.2 Å². The standard InChI is InChI=1S/C29H36FNO2/c1-20-9-8-10-24(15-20)27-12-7-6-11-26(27)22(3)33-19-25(32)18-31-29(4,5)17-23-14-13-21(2)28(30)16-23/h6-16,22,25,31-32H,17-19H2,1-5H3/t22-,25-/m1/s1. The van der Waals surface area contributed by atoms with Crippen molar-refractivity contribution in [2.24, 2.45) is 0 Å². The Balaban J connectivity index is 1.54. The van der Waals surface area contributed by atoms with Gasteiger partial charge in [0.15, 0.2) is 0 Å². The number of aliphatic hydroxyl groups excluding tert-OH is 1. The largest absolute Gasteiger partial charge is 0.389 e. The molecule has 0 aliphatic heterocycles. The van der Waals surface area contributed by atoms with Crippen LogP contribution in [-0.4, -0.2) is 29.9 Å². The van der Waals surface area contributed by atoms with Crippen LogP contribution in [0.4, 0.5) is 4.39 Å². The van der Waals surface area contributed by atoms with Crippen LogP contribution in [0.25, 0.3) is 11.1 Å². The highest BCUT2D eigenvalue weighted by Gasteiger charge is 2.21. The first-order valence-electron chi connectivity index (χ1n) is 11.6. The molecule has 2 N–H and O–H groups in total. The third kappa shape index (κ3) is 7.23. The minimum absolute atomic E-state index is 0.153. The van der Waals surface area contributed by atoms with E-state index in [4.69, 9.17) is 4.74 Å². The Morgan fingerprint density at radius 2 is 1.76 bits per heavy atom. The van der Waals surface area contributed by atoms with Gasteiger partial charge in [-0.05, 0) is 74.9 Å². The second kappa shape index (κ2) is 11.1. The molecule has 0 heterocycles. The van der Waals surface area contributed by atoms with Crippen molar-refractivity contribution in [3.63, 3.8) is 0 Å². The molecule has 176 valence electrons. The van der Waals surface area contributed by atoms with Crippen molar-refractivity contribution in [3.8, 4) is 11.1 Å². The maximum absolute atomic E-state index is 13.9. The summed E-state index contributed by atoms with van der Waals surface area (Å²) >= 11 is 0. The number of rotatable bonds is 10. The topological polar surface area (TPSA) is 41.5 Å². The van der Waals surface area contributed by atoms with Crippen LogP contribution in [0.3, 0.4) is 0 Å². The van der Waals surface area contributed by atoms with E-state index in [0.29, 0.717) is 18.5 Å². The Labute approximate surface area is 197 Å². The van der Waals surface area contributed by atoms with Gasteiger partial charge in [0.25, 0.3) is 0 Å². The van der Waals surface area contributed by atoms with E-state index in [0.717, 1.165) is 22.3 Å². The molecule has 0 amide bonds. The Kier molecular flexibility index (Phi) is 8.41. The number of β-amino-alcohol motifs (C(OH)–C–C–N with tert-alkyl or cyclic N) is 1. The van der Waals surface area contributed by atoms with E-state index in [9.17, 15) is 9.50 Å². The third-order valence-corrected chi connectivity index (χ3v) is 5.97. The van der Waals surface area contributed by atoms with Crippen molar-refractivity contribution in [2.75, 3.05) is 13.2 Å². The highest BCUT2D eigenvalue weighted by molar-refractivity contribution is 5.68. The molecular weight excluding hydrogens is 413 g/mol. The molecule has 2 atom stereocenters. The summed E-state index contributed by atoms with van der Waals surface area (Å²) in [5.41, 5.74) is 5.92. The smallest absolute Gasteiger partial charge is 0.126 e. The molecule has 0 saturated heterocycles. The molecule has 3 nitrogen and oxygen atoms in total. The molecule has 3 aromatic rings. The fourth-order valence-corrected chi connectivity index (χ4v) is 4.04. The lowest BCUT2D eigenvalue weighted by molar-refractivity contribution is -0.00397. The van der Waals surface area contributed by atoms with Crippen molar-refractivity contribution in [2.45, 2.75) is 58.8 Å². The third-order valence-electron chi connectivity index (χ3n) is 5.97. The molecule has 0 radical (unpaired) electrons. The first kappa shape index (κ1) is 25.1. The van der Waals surface area contributed by atoms with Gasteiger partial charge < -0.3 is 15.2 Å². The number of ether oxygens (including phenoxy) is 1. The summed E-state index contributed by atoms with van der Waals surface area (Å²) in [5.74, 6) is -0.184. The van der Waals surface area contributed by atoms with E-state index in [2.05, 4.69) is 62.5 Å². The fraction of sp³-hybridized carbons (Fsp3) is 0.379. The number of aliphatic hydroxyl groups is 1. The molecule has 3 rings (SSSR count). The monoisotopic (exact) mass is 449 g/mol. The molecule has 0 aliphatic rings. The van der Waals surface area contributed by atoms with Crippen LogP contribution < -0.4 is 5.32 Å². The summed E-state index contributed by atoms with van der Waals surface area (Å²) in [5, 5.41) is 13.9. The van der Waals surface area contributed by atoms with Gasteiger partial charge in [0.2, 0.25) is 0 Å². The molecule has 33 heavy (non-hydrogen) atoms. The molecule has 0 bridgehead atoms. The van der Waals surface area contributed by atoms with E-state index in [-0.39, 0.29) is 24.1 Å². The minimum Gasteiger partial charge on any atom is -0.389 e. The summed E-state index contributed by atoms with van der Waals surface area (Å²) in [6.45, 7) is 10.6. The highest BCUT2D eigenvalue weighted by Crippen LogP contribution is 2.30. The average Bonchev–Trinajstić information content (AvgIpc) is 2.78. The number of halogens is 1. The normalized spacial score (nSPS) is 13.7. The van der Waals surface area contributed by atoms with Gasteiger partial charge in [-0.3, -0.25) is 0 Å². The second-order valence-corrected chi connectivity index (χ2v) is 9.61. The van der Waals surface area contributed by atoms with Crippen molar-refractivity contribution >= 4 is 0 Å². The van der Waals surface area contributed by atoms with Gasteiger partial charge in [-0.1, -0.05) is 66.2 Å². The first-order chi connectivity index (χ1) is 15.6. The van der Waals surface area contributed by atoms with Crippen molar-refractivity contribution in [1.29, 1.82) is 0 Å². The Morgan fingerprint density at radius 3 is 2.48 bits per heavy atom. The average molecular weight is 450 g/mol. The van der Waals surface area contributed by atoms with E-state index in [1.165, 1.54) is 5.56 Å². The molecule has 0 spiro atoms. The quantitative estimate of drug-likeness (QED) is 0.390. The Hall–Kier alpha value is -2.53. The lowest BCUT2D eigenvalue weighted by atomic mass is 9.94. The van der Waals surface area contributed by atoms with Crippen molar-refractivity contribution in [1.82, 2.24) is 5.32 Å². The summed E-state index contributed by atoms with van der Waals surface area (Å²) in [4.78, 5) is 0. The van der Waals surface area contributed by atoms with Gasteiger partial charge >= 0.3 is 0 Å². The van der Waals surface area contributed by atoms with Crippen LogP contribution >= 0.6 is 0 Å². The number of hydrogen-bond acceptors (Lipinski definition) is 3. The van der Waals surface area contributed by atoms with Gasteiger partial charge in [-0.25, -0.2) is 4.39 Å². The molecule has 0 aromatic heterocycles. The minimum atomic E-state index is -0.646. The molecule has 0 aliphatic carbocycles. The van der Waals surface area contributed by atoms with Gasteiger partial charge in [-0.15, -0.1) is 0 Å². The van der Waals surface area contributed by atoms with Crippen LogP contribution in [-0.2, 0) is 11.2 Å². The lowest BCUT2D eigenvalue weighted by Crippen LogP contribution is -2.46. The maximum Gasteiger partial charge on any atom is 0.126 e. The Bertz CT molecular complexity index is 1060. The van der Waals surface area contributed by atoms with Gasteiger partial charge in [0.1, 0.15) is 5.82 Å². The summed E-state index contributed by atoms with van der Waals surface area (Å²) in [6, 6.07) is 22.0. The second-order valence-electron chi connectivity index (χ2n) is 9.61. The molecule has 0 fully saturated rings. The SMILES string of the molecule is Cc1cccc(-c2ccccc2[C@@H](C)OC[C@H](O)CNC(C)(C)Cc2ccc(C)c(F)c2)c1. The zero-order valence-electron chi connectivity index (χ0n) is 20.4. The van der Waals surface area contributed by atoms with Crippen molar-refractivity contribution in [3.05, 3.63) is 94.8 Å². The maximum atomic E-state index is 13.9. The zero-order chi connectivity index (χ0) is 24.0. The van der Waals surface area contributed by atoms with Crippen LogP contribution in [0, 0.1) is 19.7 Å². The molecule has 0 saturated carbocycles. The molecule has 4 heteroatoms. The Morgan fingerprint density at radius 1 is 1.00 bits per heavy atom. The van der Waals surface area contributed by atoms with Gasteiger partial charge in [0.05, 0.1) is 18.8 Å². The summed E-state index contributed by atoms with van der Waals surface area (Å²) in [7, 11) is 0. The molecule has 3 aromatic carbocycles. The van der Waals surface area contributed by atoms with Gasteiger partial charge in [-0.2, -0.15) is 0 Å². The lowest BCUT2D eigenvalue weighted by Gasteiger charge is -2.28. The molecular formula is C29H36FNO2. The van der Waals surface area contributed by atoms with Gasteiger partial charge in [0, 0.05) is 12.1 Å². The number of hydrogen-bond donors (Lipinski definition) is 2. The summed E-state index contributed by atoms with van der Waals surface area (Å²) < 4.78 is 19.9. The zero-order valence-corrected chi connectivity index (χ0v) is 20.4. The van der Waals surface area contributed by atoms with Crippen LogP contribution in [0.15, 0.2) is 66.7 Å². The fourth-order valence-electron chi connectivity index (χ4n) is 4.04. The molecule has 0 unspecified atom stereocenters. The number of nitrogens with one attached hydrogen (secondary N) is 1. The van der Waals surface area contributed by atoms with E-state index in [1.807, 2.05) is 25.1 Å². The van der Waals surface area contributed by atoms with E-state index >= 15 is 0 Å². The number of aryl methyl sites for hydroxylation is 2. The summed E-state index contributed by atoms with van der Waals surface area (Å²) in [6.07, 6.45) is -0.134. The van der Waals surface area contributed by atoms with Crippen LogP contribution in [0.2, 0.25) is 0 Å². The van der Waals surface area contributed by atoms with E-state index in [1.54, 1.807) is 19.1 Å². The van der Waals surface area contributed by atoms with Crippen LogP contribution in [0.5, 0.6) is 0 Å². The predicted molar refractivity (Wildman–Crippen MR) is 134 cm³/mol. The van der Waals surface area contributed by atoms with Crippen LogP contribution in [0.1, 0.15) is 49.1 Å². The predicted octanol–water partition coefficient (Wildman–Crippen LogP) is 6.16. The number of benzene rings is 3. The first-order valence-corrected chi connectivity index (χ1v) is 11.6. The van der Waals surface area contributed by atoms with E-state index < -0.39 is 6.10 Å².